The fourth-order valence-corrected chi connectivity index (χ4v) is 5.75. The van der Waals surface area contributed by atoms with Gasteiger partial charge >= 0.3 is 0 Å². The van der Waals surface area contributed by atoms with Crippen molar-refractivity contribution in [1.29, 1.82) is 0 Å². The van der Waals surface area contributed by atoms with Crippen LogP contribution in [-0.2, 0) is 9.59 Å². The van der Waals surface area contributed by atoms with Crippen molar-refractivity contribution in [2.24, 2.45) is 10.2 Å². The smallest absolute Gasteiger partial charge is 0.240 e. The number of benzene rings is 6. The maximum Gasteiger partial charge on any atom is 0.240 e. The first kappa shape index (κ1) is 28.7. The van der Waals surface area contributed by atoms with Gasteiger partial charge in [0.25, 0.3) is 0 Å². The van der Waals surface area contributed by atoms with Gasteiger partial charge in [-0.3, -0.25) is 9.59 Å². The largest absolute Gasteiger partial charge is 0.273 e. The number of nitrogens with one attached hydrogen (secondary N) is 2. The fourth-order valence-electron chi connectivity index (χ4n) is 5.75. The van der Waals surface area contributed by atoms with Crippen LogP contribution in [-0.4, -0.2) is 24.2 Å². The maximum atomic E-state index is 12.4. The number of hydrazone groups is 2. The minimum atomic E-state index is -0.112. The van der Waals surface area contributed by atoms with E-state index in [0.717, 1.165) is 79.9 Å². The summed E-state index contributed by atoms with van der Waals surface area (Å²) in [5, 5.41) is 17.5. The summed E-state index contributed by atoms with van der Waals surface area (Å²) < 4.78 is 0. The molecule has 6 rings (SSSR count). The number of fused-ring (bicyclic) bond motifs is 4. The van der Waals surface area contributed by atoms with Gasteiger partial charge in [-0.2, -0.15) is 10.2 Å². The van der Waals surface area contributed by atoms with Crippen LogP contribution in [0.4, 0.5) is 0 Å². The molecule has 218 valence electrons. The van der Waals surface area contributed by atoms with Gasteiger partial charge in [0.2, 0.25) is 11.8 Å². The second-order valence-corrected chi connectivity index (χ2v) is 11.0. The average Bonchev–Trinajstić information content (AvgIpc) is 3.05. The molecule has 0 fully saturated rings. The molecule has 0 unspecified atom stereocenters. The van der Waals surface area contributed by atoms with Crippen LogP contribution in [0, 0.1) is 0 Å². The number of hydrogen-bond donors (Lipinski definition) is 2. The van der Waals surface area contributed by atoms with Crippen molar-refractivity contribution in [1.82, 2.24) is 10.9 Å². The first-order valence-electron chi connectivity index (χ1n) is 15.1. The molecule has 6 heteroatoms. The molecule has 0 heterocycles. The molecule has 0 radical (unpaired) electrons. The van der Waals surface area contributed by atoms with E-state index in [9.17, 15) is 9.59 Å². The zero-order valence-corrected chi connectivity index (χ0v) is 24.5. The number of amides is 2. The van der Waals surface area contributed by atoms with Gasteiger partial charge in [-0.15, -0.1) is 0 Å². The molecule has 0 saturated carbocycles. The van der Waals surface area contributed by atoms with E-state index in [1.807, 2.05) is 48.5 Å². The van der Waals surface area contributed by atoms with Gasteiger partial charge < -0.3 is 0 Å². The minimum Gasteiger partial charge on any atom is -0.273 e. The highest BCUT2D eigenvalue weighted by molar-refractivity contribution is 6.14. The van der Waals surface area contributed by atoms with Crippen LogP contribution in [0.1, 0.15) is 49.7 Å². The Morgan fingerprint density at radius 1 is 0.477 bits per heavy atom. The van der Waals surface area contributed by atoms with Gasteiger partial charge in [0.1, 0.15) is 0 Å². The summed E-state index contributed by atoms with van der Waals surface area (Å²) in [5.41, 5.74) is 7.34. The lowest BCUT2D eigenvalue weighted by Gasteiger charge is -2.08. The van der Waals surface area contributed by atoms with Gasteiger partial charge in [0.05, 0.1) is 12.4 Å². The van der Waals surface area contributed by atoms with Crippen LogP contribution in [0.2, 0.25) is 0 Å². The number of unbranched alkanes of at least 4 members (excludes halogenated alkanes) is 3. The summed E-state index contributed by atoms with van der Waals surface area (Å²) in [4.78, 5) is 24.8. The minimum absolute atomic E-state index is 0.112. The standard InChI is InChI=1S/C38H34N4O2/c43-37(41-39-25-35-31-17-9-5-13-27(31)23-28-14-6-10-18-32(28)35)21-3-1-2-4-22-38(44)42-40-26-36-33-19-11-7-15-29(33)24-30-16-8-12-20-34(30)36/h5-20,23-26H,1-4,21-22H2,(H,41,43)(H,42,44). The Labute approximate surface area is 256 Å². The highest BCUT2D eigenvalue weighted by Crippen LogP contribution is 2.28. The van der Waals surface area contributed by atoms with Crippen molar-refractivity contribution in [3.05, 3.63) is 120 Å². The molecule has 0 saturated heterocycles. The van der Waals surface area contributed by atoms with Gasteiger partial charge in [-0.05, 0) is 68.1 Å². The highest BCUT2D eigenvalue weighted by atomic mass is 16.2. The van der Waals surface area contributed by atoms with Gasteiger partial charge in [0, 0.05) is 24.0 Å². The molecule has 44 heavy (non-hydrogen) atoms. The predicted molar refractivity (Wildman–Crippen MR) is 182 cm³/mol. The second-order valence-electron chi connectivity index (χ2n) is 11.0. The van der Waals surface area contributed by atoms with E-state index in [1.165, 1.54) is 0 Å². The third-order valence-corrected chi connectivity index (χ3v) is 7.95. The van der Waals surface area contributed by atoms with E-state index in [-0.39, 0.29) is 11.8 Å². The van der Waals surface area contributed by atoms with Gasteiger partial charge in [-0.25, -0.2) is 10.9 Å². The van der Waals surface area contributed by atoms with Crippen LogP contribution >= 0.6 is 0 Å². The Balaban J connectivity index is 0.937. The Hall–Kier alpha value is -5.36. The van der Waals surface area contributed by atoms with Crippen LogP contribution in [0.25, 0.3) is 43.1 Å². The van der Waals surface area contributed by atoms with E-state index < -0.39 is 0 Å². The lowest BCUT2D eigenvalue weighted by atomic mass is 9.97. The number of rotatable bonds is 11. The number of carbonyl (C=O) groups excluding carboxylic acids is 2. The molecule has 6 aromatic rings. The quantitative estimate of drug-likeness (QED) is 0.0702. The Bertz CT molecular complexity index is 1770. The van der Waals surface area contributed by atoms with Crippen molar-refractivity contribution in [3.63, 3.8) is 0 Å². The monoisotopic (exact) mass is 578 g/mol. The topological polar surface area (TPSA) is 82.9 Å². The van der Waals surface area contributed by atoms with Crippen molar-refractivity contribution in [3.8, 4) is 0 Å². The number of carbonyl (C=O) groups is 2. The maximum absolute atomic E-state index is 12.4. The van der Waals surface area contributed by atoms with Gasteiger partial charge in [-0.1, -0.05) is 110 Å². The molecular weight excluding hydrogens is 544 g/mol. The van der Waals surface area contributed by atoms with E-state index in [1.54, 1.807) is 12.4 Å². The fraction of sp³-hybridized carbons (Fsp3) is 0.158. The lowest BCUT2D eigenvalue weighted by Crippen LogP contribution is -2.17. The van der Waals surface area contributed by atoms with Crippen LogP contribution in [0.15, 0.2) is 119 Å². The molecule has 0 atom stereocenters. The molecule has 0 aliphatic carbocycles. The Morgan fingerprint density at radius 3 is 1.14 bits per heavy atom. The first-order chi connectivity index (χ1) is 21.7. The average molecular weight is 579 g/mol. The van der Waals surface area contributed by atoms with Crippen LogP contribution < -0.4 is 10.9 Å². The van der Waals surface area contributed by atoms with Crippen molar-refractivity contribution in [2.75, 3.05) is 0 Å². The zero-order chi connectivity index (χ0) is 30.1. The van der Waals surface area contributed by atoms with Gasteiger partial charge in [0.15, 0.2) is 0 Å². The van der Waals surface area contributed by atoms with E-state index >= 15 is 0 Å². The predicted octanol–water partition coefficient (Wildman–Crippen LogP) is 8.24. The highest BCUT2D eigenvalue weighted by Gasteiger charge is 2.08. The SMILES string of the molecule is O=C(CCCCCCC(=O)NN=Cc1c2ccccc2cc2ccccc12)NN=Cc1c2ccccc2cc2ccccc12. The molecule has 2 amide bonds. The Morgan fingerprint density at radius 2 is 0.795 bits per heavy atom. The summed E-state index contributed by atoms with van der Waals surface area (Å²) >= 11 is 0. The summed E-state index contributed by atoms with van der Waals surface area (Å²) in [5.74, 6) is -0.224. The summed E-state index contributed by atoms with van der Waals surface area (Å²) in [6.45, 7) is 0. The third kappa shape index (κ3) is 6.65. The van der Waals surface area contributed by atoms with Crippen molar-refractivity contribution < 1.29 is 9.59 Å². The van der Waals surface area contributed by atoms with Crippen molar-refractivity contribution >= 4 is 67.3 Å². The van der Waals surface area contributed by atoms with E-state index in [4.69, 9.17) is 0 Å². The van der Waals surface area contributed by atoms with Crippen LogP contribution in [0.3, 0.4) is 0 Å². The third-order valence-electron chi connectivity index (χ3n) is 7.95. The normalized spacial score (nSPS) is 11.7. The summed E-state index contributed by atoms with van der Waals surface area (Å²) in [7, 11) is 0. The summed E-state index contributed by atoms with van der Waals surface area (Å²) in [6.07, 6.45) is 7.48. The molecule has 0 spiro atoms. The molecule has 0 aliphatic rings. The van der Waals surface area contributed by atoms with E-state index in [0.29, 0.717) is 12.8 Å². The molecule has 2 N–H and O–H groups in total. The molecule has 0 bridgehead atoms. The molecule has 6 nitrogen and oxygen atoms in total. The zero-order valence-electron chi connectivity index (χ0n) is 24.5. The molecule has 6 aromatic carbocycles. The first-order valence-corrected chi connectivity index (χ1v) is 15.1. The van der Waals surface area contributed by atoms with Crippen molar-refractivity contribution in [2.45, 2.75) is 38.5 Å². The molecule has 0 aromatic heterocycles. The second kappa shape index (κ2) is 13.7. The summed E-state index contributed by atoms with van der Waals surface area (Å²) in [6, 6.07) is 37.1. The molecule has 0 aliphatic heterocycles. The van der Waals surface area contributed by atoms with Crippen LogP contribution in [0.5, 0.6) is 0 Å². The molecular formula is C38H34N4O2. The Kier molecular flexibility index (Phi) is 8.98. The lowest BCUT2D eigenvalue weighted by molar-refractivity contribution is -0.122. The number of hydrogen-bond acceptors (Lipinski definition) is 4. The number of nitrogens with zero attached hydrogens (tertiary/aromatic N) is 2. The van der Waals surface area contributed by atoms with E-state index in [2.05, 4.69) is 81.7 Å².